The minimum atomic E-state index is 0.444. The lowest BCUT2D eigenvalue weighted by Crippen LogP contribution is -2.20. The molecule has 3 heteroatoms. The van der Waals surface area contributed by atoms with E-state index < -0.39 is 0 Å². The number of ether oxygens (including phenoxy) is 1. The van der Waals surface area contributed by atoms with Gasteiger partial charge in [-0.15, -0.1) is 0 Å². The van der Waals surface area contributed by atoms with Crippen LogP contribution < -0.4 is 10.1 Å². The van der Waals surface area contributed by atoms with E-state index in [1.165, 1.54) is 36.6 Å². The van der Waals surface area contributed by atoms with Crippen molar-refractivity contribution in [3.63, 3.8) is 0 Å². The fraction of sp³-hybridized carbons (Fsp3) is 0.471. The van der Waals surface area contributed by atoms with E-state index in [4.69, 9.17) is 4.74 Å². The molecule has 0 spiro atoms. The van der Waals surface area contributed by atoms with Crippen LogP contribution in [0.1, 0.15) is 44.2 Å². The second kappa shape index (κ2) is 6.23. The standard InChI is InChI=1S/C17H22N2O/c1-2-20-16-10-9-13(14-7-6-12-19-17(14)16)15-8-4-3-5-11-18-15/h6-7,9-10,12,15,18H,2-5,8,11H2,1H3. The van der Waals surface area contributed by atoms with E-state index in [2.05, 4.69) is 28.5 Å². The number of rotatable bonds is 3. The molecule has 0 amide bonds. The molecule has 1 saturated heterocycles. The zero-order valence-electron chi connectivity index (χ0n) is 12.1. The molecule has 2 aromatic rings. The van der Waals surface area contributed by atoms with E-state index >= 15 is 0 Å². The van der Waals surface area contributed by atoms with Gasteiger partial charge in [0.2, 0.25) is 0 Å². The van der Waals surface area contributed by atoms with Gasteiger partial charge in [0, 0.05) is 17.6 Å². The molecule has 1 aliphatic heterocycles. The number of nitrogens with one attached hydrogen (secondary N) is 1. The van der Waals surface area contributed by atoms with Gasteiger partial charge in [0.25, 0.3) is 0 Å². The van der Waals surface area contributed by atoms with Gasteiger partial charge >= 0.3 is 0 Å². The summed E-state index contributed by atoms with van der Waals surface area (Å²) in [7, 11) is 0. The molecule has 1 aromatic heterocycles. The second-order valence-corrected chi connectivity index (χ2v) is 5.34. The third kappa shape index (κ3) is 2.63. The molecule has 106 valence electrons. The summed E-state index contributed by atoms with van der Waals surface area (Å²) < 4.78 is 5.70. The van der Waals surface area contributed by atoms with E-state index in [1.807, 2.05) is 19.2 Å². The Labute approximate surface area is 120 Å². The maximum absolute atomic E-state index is 5.70. The van der Waals surface area contributed by atoms with Crippen molar-refractivity contribution in [1.29, 1.82) is 0 Å². The van der Waals surface area contributed by atoms with Crippen LogP contribution in [0.15, 0.2) is 30.5 Å². The van der Waals surface area contributed by atoms with Crippen LogP contribution >= 0.6 is 0 Å². The Morgan fingerprint density at radius 2 is 2.20 bits per heavy atom. The lowest BCUT2D eigenvalue weighted by atomic mass is 9.97. The first-order valence-corrected chi connectivity index (χ1v) is 7.64. The number of pyridine rings is 1. The van der Waals surface area contributed by atoms with Crippen LogP contribution in [-0.4, -0.2) is 18.1 Å². The Morgan fingerprint density at radius 1 is 1.25 bits per heavy atom. The minimum absolute atomic E-state index is 0.444. The molecule has 0 radical (unpaired) electrons. The predicted octanol–water partition coefficient (Wildman–Crippen LogP) is 3.84. The minimum Gasteiger partial charge on any atom is -0.492 e. The van der Waals surface area contributed by atoms with Gasteiger partial charge in [0.1, 0.15) is 11.3 Å². The summed E-state index contributed by atoms with van der Waals surface area (Å²) in [5.41, 5.74) is 2.34. The summed E-state index contributed by atoms with van der Waals surface area (Å²) in [6.07, 6.45) is 6.96. The first-order valence-electron chi connectivity index (χ1n) is 7.64. The maximum atomic E-state index is 5.70. The lowest BCUT2D eigenvalue weighted by molar-refractivity contribution is 0.343. The molecule has 0 saturated carbocycles. The molecule has 0 aliphatic carbocycles. The molecule has 1 aromatic carbocycles. The van der Waals surface area contributed by atoms with Gasteiger partial charge in [-0.1, -0.05) is 25.0 Å². The fourth-order valence-electron chi connectivity index (χ4n) is 3.04. The maximum Gasteiger partial charge on any atom is 0.145 e. The van der Waals surface area contributed by atoms with E-state index in [-0.39, 0.29) is 0 Å². The molecule has 1 N–H and O–H groups in total. The van der Waals surface area contributed by atoms with E-state index in [1.54, 1.807) is 0 Å². The normalized spacial score (nSPS) is 19.8. The van der Waals surface area contributed by atoms with Crippen molar-refractivity contribution in [2.24, 2.45) is 0 Å². The van der Waals surface area contributed by atoms with Gasteiger partial charge < -0.3 is 10.1 Å². The van der Waals surface area contributed by atoms with Gasteiger partial charge in [-0.3, -0.25) is 4.98 Å². The van der Waals surface area contributed by atoms with Crippen molar-refractivity contribution in [2.45, 2.75) is 38.6 Å². The number of fused-ring (bicyclic) bond motifs is 1. The van der Waals surface area contributed by atoms with Crippen molar-refractivity contribution < 1.29 is 4.74 Å². The predicted molar refractivity (Wildman–Crippen MR) is 82.1 cm³/mol. The first-order chi connectivity index (χ1) is 9.90. The van der Waals surface area contributed by atoms with Crippen LogP contribution in [0.25, 0.3) is 10.9 Å². The van der Waals surface area contributed by atoms with Crippen molar-refractivity contribution in [3.8, 4) is 5.75 Å². The average Bonchev–Trinajstić information content (AvgIpc) is 2.77. The molecule has 1 fully saturated rings. The van der Waals surface area contributed by atoms with Crippen LogP contribution in [0.3, 0.4) is 0 Å². The fourth-order valence-corrected chi connectivity index (χ4v) is 3.04. The smallest absolute Gasteiger partial charge is 0.145 e. The zero-order valence-corrected chi connectivity index (χ0v) is 12.1. The molecule has 1 atom stereocenters. The van der Waals surface area contributed by atoms with E-state index in [9.17, 15) is 0 Å². The molecule has 0 bridgehead atoms. The van der Waals surface area contributed by atoms with Crippen LogP contribution in [0, 0.1) is 0 Å². The average molecular weight is 270 g/mol. The largest absolute Gasteiger partial charge is 0.492 e. The Bertz CT molecular complexity index is 574. The van der Waals surface area contributed by atoms with Gasteiger partial charge in [-0.05, 0) is 44.0 Å². The molecule has 20 heavy (non-hydrogen) atoms. The quantitative estimate of drug-likeness (QED) is 0.920. The Morgan fingerprint density at radius 3 is 3.10 bits per heavy atom. The summed E-state index contributed by atoms with van der Waals surface area (Å²) in [6.45, 7) is 3.79. The number of aromatic nitrogens is 1. The molecule has 1 unspecified atom stereocenters. The summed E-state index contributed by atoms with van der Waals surface area (Å²) in [6, 6.07) is 8.89. The van der Waals surface area contributed by atoms with Crippen LogP contribution in [0.2, 0.25) is 0 Å². The summed E-state index contributed by atoms with van der Waals surface area (Å²) in [5.74, 6) is 0.889. The number of benzene rings is 1. The van der Waals surface area contributed by atoms with Crippen molar-refractivity contribution in [2.75, 3.05) is 13.2 Å². The van der Waals surface area contributed by atoms with Crippen LogP contribution in [0.4, 0.5) is 0 Å². The summed E-state index contributed by atoms with van der Waals surface area (Å²) in [5, 5.41) is 4.89. The first kappa shape index (κ1) is 13.4. The third-order valence-electron chi connectivity index (χ3n) is 4.00. The van der Waals surface area contributed by atoms with E-state index in [0.717, 1.165) is 17.8 Å². The van der Waals surface area contributed by atoms with Crippen molar-refractivity contribution >= 4 is 10.9 Å². The molecule has 3 rings (SSSR count). The molecule has 2 heterocycles. The monoisotopic (exact) mass is 270 g/mol. The molecule has 1 aliphatic rings. The van der Waals surface area contributed by atoms with Crippen molar-refractivity contribution in [3.05, 3.63) is 36.0 Å². The SMILES string of the molecule is CCOc1ccc(C2CCCCCN2)c2cccnc12. The molecular formula is C17H22N2O. The second-order valence-electron chi connectivity index (χ2n) is 5.34. The van der Waals surface area contributed by atoms with Crippen molar-refractivity contribution in [1.82, 2.24) is 10.3 Å². The number of hydrogen-bond donors (Lipinski definition) is 1. The van der Waals surface area contributed by atoms with Crippen LogP contribution in [0.5, 0.6) is 5.75 Å². The lowest BCUT2D eigenvalue weighted by Gasteiger charge is -2.19. The highest BCUT2D eigenvalue weighted by atomic mass is 16.5. The Kier molecular flexibility index (Phi) is 4.16. The van der Waals surface area contributed by atoms with E-state index in [0.29, 0.717) is 12.6 Å². The number of nitrogens with zero attached hydrogens (tertiary/aromatic N) is 1. The Hall–Kier alpha value is -1.61. The summed E-state index contributed by atoms with van der Waals surface area (Å²) >= 11 is 0. The van der Waals surface area contributed by atoms with Gasteiger partial charge in [-0.2, -0.15) is 0 Å². The summed E-state index contributed by atoms with van der Waals surface area (Å²) in [4.78, 5) is 4.53. The van der Waals surface area contributed by atoms with Gasteiger partial charge in [0.05, 0.1) is 6.61 Å². The zero-order chi connectivity index (χ0) is 13.8. The Balaban J connectivity index is 2.04. The highest BCUT2D eigenvalue weighted by Crippen LogP contribution is 2.33. The topological polar surface area (TPSA) is 34.1 Å². The van der Waals surface area contributed by atoms with Gasteiger partial charge in [0.15, 0.2) is 0 Å². The molecular weight excluding hydrogens is 248 g/mol. The van der Waals surface area contributed by atoms with Gasteiger partial charge in [-0.25, -0.2) is 0 Å². The van der Waals surface area contributed by atoms with Crippen LogP contribution in [-0.2, 0) is 0 Å². The highest BCUT2D eigenvalue weighted by molar-refractivity contribution is 5.87. The number of hydrogen-bond acceptors (Lipinski definition) is 3. The highest BCUT2D eigenvalue weighted by Gasteiger charge is 2.17. The molecule has 3 nitrogen and oxygen atoms in total. The third-order valence-corrected chi connectivity index (χ3v) is 4.00.